The van der Waals surface area contributed by atoms with Crippen LogP contribution < -0.4 is 0 Å². The summed E-state index contributed by atoms with van der Waals surface area (Å²) in [7, 11) is 0. The number of hydrogen-bond donors (Lipinski definition) is 3. The van der Waals surface area contributed by atoms with Gasteiger partial charge in [-0.05, 0) is 337 Å². The predicted molar refractivity (Wildman–Crippen MR) is 333 cm³/mol. The van der Waals surface area contributed by atoms with Crippen LogP contribution in [0.4, 0.5) is 0 Å². The number of ketones is 3. The minimum Gasteiger partial charge on any atom is -0.390 e. The maximum Gasteiger partial charge on any atom is 0.155 e. The Bertz CT molecular complexity index is 2170. The van der Waals surface area contributed by atoms with Crippen LogP contribution in [-0.2, 0) is 28.6 Å². The van der Waals surface area contributed by atoms with Gasteiger partial charge in [0.15, 0.2) is 11.6 Å². The fraction of sp³-hybridized carbons (Fsp3) is 0.959. The van der Waals surface area contributed by atoms with Crippen LogP contribution in [0.2, 0.25) is 0 Å². The van der Waals surface area contributed by atoms with Crippen LogP contribution in [0.15, 0.2) is 0 Å². The number of carbonyl (C=O) groups is 3. The summed E-state index contributed by atoms with van der Waals surface area (Å²) in [6.45, 7) is 30.4. The van der Waals surface area contributed by atoms with E-state index >= 15 is 0 Å². The Kier molecular flexibility index (Phi) is 19.6. The first-order valence-electron chi connectivity index (χ1n) is 34.8. The SMILES string of the molecule is C.CC(=O)CCO[C@H]1CCC2C3CC[C@H]4C[C@@](C)(O)CC[C@]4(C)C3CC[C@@]21C.CC(=O)COC[C@H]1CCC2C3CC[C@H]4C[C@@](C)(O)CC[C@]4(C)C3CC[C@@]21C.CC(=O)CO[C@@H](C)[C@H]1CCC2C3CC[C@H]4C[C@@](C)(O)CC[C@]4(C)C3CC[C@@]21C. The minimum absolute atomic E-state index is 0. The van der Waals surface area contributed by atoms with Crippen molar-refractivity contribution >= 4 is 17.3 Å². The molecule has 9 unspecified atom stereocenters. The van der Waals surface area contributed by atoms with Crippen LogP contribution in [0.25, 0.3) is 0 Å². The average Bonchev–Trinajstić information content (AvgIpc) is 2.32. The van der Waals surface area contributed by atoms with Crippen LogP contribution in [0.1, 0.15) is 277 Å². The number of ether oxygens (including phenoxy) is 3. The largest absolute Gasteiger partial charge is 0.390 e. The van der Waals surface area contributed by atoms with Crippen molar-refractivity contribution in [3.63, 3.8) is 0 Å². The summed E-state index contributed by atoms with van der Waals surface area (Å²) in [6, 6.07) is 0. The lowest BCUT2D eigenvalue weighted by Crippen LogP contribution is -2.56. The maximum absolute atomic E-state index is 11.4. The van der Waals surface area contributed by atoms with Gasteiger partial charge < -0.3 is 29.5 Å². The first-order chi connectivity index (χ1) is 38.4. The molecule has 83 heavy (non-hydrogen) atoms. The third-order valence-corrected chi connectivity index (χ3v) is 29.6. The first kappa shape index (κ1) is 66.2. The molecule has 0 amide bonds. The monoisotopic (exact) mass is 1160 g/mol. The van der Waals surface area contributed by atoms with Crippen molar-refractivity contribution in [1.82, 2.24) is 0 Å². The molecular weight excluding hydrogens is 1030 g/mol. The van der Waals surface area contributed by atoms with Crippen LogP contribution >= 0.6 is 0 Å². The van der Waals surface area contributed by atoms with Gasteiger partial charge in [0.1, 0.15) is 19.0 Å². The smallest absolute Gasteiger partial charge is 0.155 e. The highest BCUT2D eigenvalue weighted by Gasteiger charge is 2.65. The van der Waals surface area contributed by atoms with Gasteiger partial charge in [0.25, 0.3) is 0 Å². The Morgan fingerprint density at radius 3 is 1.29 bits per heavy atom. The lowest BCUT2D eigenvalue weighted by atomic mass is 9.44. The highest BCUT2D eigenvalue weighted by Crippen LogP contribution is 2.71. The summed E-state index contributed by atoms with van der Waals surface area (Å²) in [4.78, 5) is 33.9. The summed E-state index contributed by atoms with van der Waals surface area (Å²) in [5, 5.41) is 31.9. The van der Waals surface area contributed by atoms with Crippen molar-refractivity contribution in [2.75, 3.05) is 26.4 Å². The van der Waals surface area contributed by atoms with Gasteiger partial charge in [-0.1, -0.05) is 49.0 Å². The van der Waals surface area contributed by atoms with Gasteiger partial charge in [-0.2, -0.15) is 0 Å². The molecule has 12 aliphatic carbocycles. The molecule has 12 aliphatic rings. The van der Waals surface area contributed by atoms with Gasteiger partial charge in [-0.15, -0.1) is 0 Å². The zero-order chi connectivity index (χ0) is 59.2. The van der Waals surface area contributed by atoms with E-state index in [1.165, 1.54) is 135 Å². The van der Waals surface area contributed by atoms with E-state index in [4.69, 9.17) is 14.2 Å². The normalized spacial score (nSPS) is 51.3. The van der Waals surface area contributed by atoms with Crippen molar-refractivity contribution in [2.24, 2.45) is 115 Å². The molecule has 9 heteroatoms. The van der Waals surface area contributed by atoms with Crippen LogP contribution in [0.3, 0.4) is 0 Å². The summed E-state index contributed by atoms with van der Waals surface area (Å²) < 4.78 is 18.0. The Morgan fingerprint density at radius 2 is 0.831 bits per heavy atom. The number of hydrogen-bond acceptors (Lipinski definition) is 9. The molecule has 9 nitrogen and oxygen atoms in total. The molecule has 3 N–H and O–H groups in total. The Hall–Kier alpha value is -1.23. The molecule has 0 aliphatic heterocycles. The molecule has 0 aromatic rings. The standard InChI is InChI=1S/C25H42O3.2C24H40O3.CH4/c1-16(26)15-28-17(2)20-8-9-21-19-7-6-18-14-23(3,27)12-13-24(18,4)22(19)10-11-25(20,21)5;1-16(25)14-27-15-18-6-8-20-19-7-5-17-13-22(2,26)11-12-24(17,4)21(19)9-10-23(18,20)3;1-16(25)10-14-27-21-8-7-19-18-6-5-17-15-22(2,26)12-13-23(17,3)20(18)9-11-24(19,21)4;/h17-22,27H,6-15H2,1-5H3;2*17-21,26H,5-15H2,1-4H3;1H4/t17-,18-,19?,20+,21?,22?,23-,24-,25+;17-,18+,19?,20?,21?,22-,23+,24-;17-,18?,19?,20?,21-,22-,23-,24-;/m000./s1. The van der Waals surface area contributed by atoms with E-state index in [0.29, 0.717) is 81.2 Å². The molecule has 12 rings (SSSR count). The first-order valence-corrected chi connectivity index (χ1v) is 34.8. The van der Waals surface area contributed by atoms with E-state index in [1.807, 2.05) is 0 Å². The molecule has 0 spiro atoms. The van der Waals surface area contributed by atoms with Gasteiger partial charge in [0.2, 0.25) is 0 Å². The molecule has 0 saturated heterocycles. The van der Waals surface area contributed by atoms with Gasteiger partial charge in [-0.3, -0.25) is 14.4 Å². The highest BCUT2D eigenvalue weighted by atomic mass is 16.5. The second-order valence-corrected chi connectivity index (χ2v) is 34.5. The van der Waals surface area contributed by atoms with Crippen LogP contribution in [0, 0.1) is 115 Å². The van der Waals surface area contributed by atoms with Gasteiger partial charge in [0.05, 0.1) is 42.2 Å². The van der Waals surface area contributed by atoms with E-state index in [1.54, 1.807) is 20.8 Å². The van der Waals surface area contributed by atoms with E-state index in [2.05, 4.69) is 69.2 Å². The molecule has 12 saturated carbocycles. The molecule has 0 aromatic heterocycles. The third-order valence-electron chi connectivity index (χ3n) is 29.6. The second-order valence-electron chi connectivity index (χ2n) is 34.5. The molecule has 0 aromatic carbocycles. The number of rotatable bonds is 12. The molecule has 12 fully saturated rings. The van der Waals surface area contributed by atoms with Crippen molar-refractivity contribution in [1.29, 1.82) is 0 Å². The Morgan fingerprint density at radius 1 is 0.434 bits per heavy atom. The predicted octanol–water partition coefficient (Wildman–Crippen LogP) is 16.2. The molecule has 0 bridgehead atoms. The lowest BCUT2D eigenvalue weighted by Gasteiger charge is -2.62. The highest BCUT2D eigenvalue weighted by molar-refractivity contribution is 5.77. The molecular formula is C74H126O9. The Balaban J connectivity index is 0.000000149. The molecule has 476 valence electrons. The van der Waals surface area contributed by atoms with E-state index < -0.39 is 16.8 Å². The van der Waals surface area contributed by atoms with Crippen molar-refractivity contribution in [3.8, 4) is 0 Å². The van der Waals surface area contributed by atoms with Crippen LogP contribution in [0.5, 0.6) is 0 Å². The molecule has 0 heterocycles. The average molecular weight is 1160 g/mol. The third kappa shape index (κ3) is 12.6. The van der Waals surface area contributed by atoms with Gasteiger partial charge >= 0.3 is 0 Å². The fourth-order valence-corrected chi connectivity index (χ4v) is 24.8. The van der Waals surface area contributed by atoms with E-state index in [9.17, 15) is 29.7 Å². The number of carbonyl (C=O) groups excluding carboxylic acids is 3. The zero-order valence-corrected chi connectivity index (χ0v) is 54.7. The summed E-state index contributed by atoms with van der Waals surface area (Å²) in [5.41, 5.74) is 1.07. The number of Topliss-reactive ketones (excluding diaryl/α,β-unsaturated/α-hetero) is 3. The zero-order valence-electron chi connectivity index (χ0n) is 54.7. The van der Waals surface area contributed by atoms with E-state index in [-0.39, 0.29) is 44.1 Å². The van der Waals surface area contributed by atoms with E-state index in [0.717, 1.165) is 98.4 Å². The number of fused-ring (bicyclic) bond motifs is 15. The lowest BCUT2D eigenvalue weighted by molar-refractivity contribution is -0.156. The molecule has 25 atom stereocenters. The van der Waals surface area contributed by atoms with Gasteiger partial charge in [0, 0.05) is 6.42 Å². The number of aliphatic hydroxyl groups is 3. The summed E-state index contributed by atoms with van der Waals surface area (Å²) in [5.74, 6) is 11.4. The van der Waals surface area contributed by atoms with Crippen LogP contribution in [-0.4, -0.2) is 88.1 Å². The maximum atomic E-state index is 11.4. The Labute approximate surface area is 507 Å². The topological polar surface area (TPSA) is 140 Å². The minimum atomic E-state index is -0.442. The summed E-state index contributed by atoms with van der Waals surface area (Å²) in [6.07, 6.45) is 34.3. The quantitative estimate of drug-likeness (QED) is 0.174. The van der Waals surface area contributed by atoms with Crippen molar-refractivity contribution in [3.05, 3.63) is 0 Å². The fourth-order valence-electron chi connectivity index (χ4n) is 24.8. The van der Waals surface area contributed by atoms with Crippen molar-refractivity contribution < 1.29 is 43.9 Å². The molecule has 0 radical (unpaired) electrons. The van der Waals surface area contributed by atoms with Crippen molar-refractivity contribution in [2.45, 2.75) is 306 Å². The second kappa shape index (κ2) is 24.5. The summed E-state index contributed by atoms with van der Waals surface area (Å²) >= 11 is 0. The van der Waals surface area contributed by atoms with Gasteiger partial charge in [-0.25, -0.2) is 0 Å².